The zero-order chi connectivity index (χ0) is 21.3. The minimum Gasteiger partial charge on any atom is -0.506 e. The zero-order valence-corrected chi connectivity index (χ0v) is 18.7. The van der Waals surface area contributed by atoms with Gasteiger partial charge in [-0.2, -0.15) is 16.1 Å². The Balaban J connectivity index is 2.13. The number of hydrogen-bond acceptors (Lipinski definition) is 5. The summed E-state index contributed by atoms with van der Waals surface area (Å²) in [7, 11) is -4.01. The van der Waals surface area contributed by atoms with Crippen molar-refractivity contribution in [1.29, 1.82) is 0 Å². The van der Waals surface area contributed by atoms with Crippen molar-refractivity contribution in [3.63, 3.8) is 0 Å². The summed E-state index contributed by atoms with van der Waals surface area (Å²) in [6, 6.07) is 4.93. The number of nitrogens with one attached hydrogen (secondary N) is 1. The van der Waals surface area contributed by atoms with E-state index in [9.17, 15) is 18.3 Å². The van der Waals surface area contributed by atoms with Gasteiger partial charge < -0.3 is 16.2 Å². The third-order valence-electron chi connectivity index (χ3n) is 4.28. The third-order valence-corrected chi connectivity index (χ3v) is 8.51. The number of carbonyl (C=O) groups is 1. The fourth-order valence-electron chi connectivity index (χ4n) is 2.91. The molecule has 0 saturated carbocycles. The van der Waals surface area contributed by atoms with Crippen LogP contribution in [0.3, 0.4) is 0 Å². The van der Waals surface area contributed by atoms with Crippen LogP contribution in [-0.4, -0.2) is 48.5 Å². The predicted octanol–water partition coefficient (Wildman–Crippen LogP) is 4.25. The Morgan fingerprint density at radius 3 is 2.31 bits per heavy atom. The summed E-state index contributed by atoms with van der Waals surface area (Å²) in [6.45, 7) is 0.653. The smallest absolute Gasteiger partial charge is 0.316 e. The summed E-state index contributed by atoms with van der Waals surface area (Å²) >= 11 is 20.3. The topological polar surface area (TPSA) is 113 Å². The number of aromatic hydroxyl groups is 1. The second-order valence-corrected chi connectivity index (χ2v) is 10.3. The van der Waals surface area contributed by atoms with Crippen molar-refractivity contribution in [3.8, 4) is 16.9 Å². The molecule has 4 N–H and O–H groups in total. The number of nitrogens with zero attached hydrogens (tertiary/aromatic N) is 1. The Morgan fingerprint density at radius 2 is 1.69 bits per heavy atom. The van der Waals surface area contributed by atoms with Crippen LogP contribution in [0.2, 0.25) is 15.1 Å². The molecule has 2 aromatic carbocycles. The van der Waals surface area contributed by atoms with Gasteiger partial charge >= 0.3 is 6.03 Å². The first-order chi connectivity index (χ1) is 13.6. The van der Waals surface area contributed by atoms with Gasteiger partial charge in [0, 0.05) is 35.7 Å². The van der Waals surface area contributed by atoms with E-state index < -0.39 is 21.8 Å². The highest BCUT2D eigenvalue weighted by Crippen LogP contribution is 2.45. The number of halogens is 3. The predicted molar refractivity (Wildman–Crippen MR) is 118 cm³/mol. The first kappa shape index (κ1) is 22.3. The molecule has 0 spiro atoms. The highest BCUT2D eigenvalue weighted by atomic mass is 35.5. The van der Waals surface area contributed by atoms with Gasteiger partial charge in [-0.25, -0.2) is 13.2 Å². The molecule has 3 rings (SSSR count). The van der Waals surface area contributed by atoms with E-state index in [4.69, 9.17) is 40.5 Å². The van der Waals surface area contributed by atoms with Gasteiger partial charge in [0.15, 0.2) is 0 Å². The van der Waals surface area contributed by atoms with E-state index in [0.29, 0.717) is 24.6 Å². The zero-order valence-electron chi connectivity index (χ0n) is 14.8. The highest BCUT2D eigenvalue weighted by Gasteiger charge is 2.32. The van der Waals surface area contributed by atoms with Gasteiger partial charge in [-0.1, -0.05) is 40.9 Å². The molecule has 156 valence electrons. The number of sulfonamides is 1. The van der Waals surface area contributed by atoms with Crippen LogP contribution in [-0.2, 0) is 10.0 Å². The van der Waals surface area contributed by atoms with E-state index >= 15 is 0 Å². The quantitative estimate of drug-likeness (QED) is 0.586. The second-order valence-electron chi connectivity index (χ2n) is 6.07. The molecule has 0 unspecified atom stereocenters. The van der Waals surface area contributed by atoms with Crippen LogP contribution >= 0.6 is 46.6 Å². The Kier molecular flexibility index (Phi) is 6.77. The second kappa shape index (κ2) is 8.79. The fourth-order valence-corrected chi connectivity index (χ4v) is 6.56. The Morgan fingerprint density at radius 1 is 1.07 bits per heavy atom. The first-order valence-corrected chi connectivity index (χ1v) is 12.0. The average Bonchev–Trinajstić information content (AvgIpc) is 2.67. The van der Waals surface area contributed by atoms with Crippen molar-refractivity contribution in [2.75, 3.05) is 29.9 Å². The molecule has 0 bridgehead atoms. The number of carbonyl (C=O) groups excluding carboxylic acids is 1. The number of thioether (sulfide) groups is 1. The molecule has 1 aliphatic heterocycles. The van der Waals surface area contributed by atoms with E-state index in [2.05, 4.69) is 5.32 Å². The molecule has 0 aromatic heterocycles. The Labute approximate surface area is 187 Å². The lowest BCUT2D eigenvalue weighted by atomic mass is 10.0. The number of phenolic OH excluding ortho intramolecular Hbond substituents is 1. The number of amides is 2. The molecule has 1 aliphatic rings. The lowest BCUT2D eigenvalue weighted by molar-refractivity contribution is 0.259. The molecule has 7 nitrogen and oxygen atoms in total. The van der Waals surface area contributed by atoms with Crippen LogP contribution in [0.4, 0.5) is 10.5 Å². The molecule has 2 aromatic rings. The van der Waals surface area contributed by atoms with Gasteiger partial charge in [-0.05, 0) is 18.2 Å². The highest BCUT2D eigenvalue weighted by molar-refractivity contribution is 7.99. The summed E-state index contributed by atoms with van der Waals surface area (Å²) in [5, 5.41) is 13.1. The summed E-state index contributed by atoms with van der Waals surface area (Å²) in [4.78, 5) is 10.7. The minimum atomic E-state index is -4.01. The molecule has 29 heavy (non-hydrogen) atoms. The van der Waals surface area contributed by atoms with Crippen LogP contribution in [0.15, 0.2) is 29.2 Å². The van der Waals surface area contributed by atoms with Gasteiger partial charge in [0.1, 0.15) is 10.6 Å². The van der Waals surface area contributed by atoms with Crippen molar-refractivity contribution in [1.82, 2.24) is 4.31 Å². The Bertz CT molecular complexity index is 1070. The number of nitrogens with two attached hydrogens (primary N) is 1. The van der Waals surface area contributed by atoms with Crippen LogP contribution in [0.1, 0.15) is 0 Å². The molecule has 0 atom stereocenters. The maximum atomic E-state index is 13.1. The molecule has 1 heterocycles. The van der Waals surface area contributed by atoms with Crippen molar-refractivity contribution in [2.24, 2.45) is 5.73 Å². The summed E-state index contributed by atoms with van der Waals surface area (Å²) in [5.74, 6) is 0.796. The van der Waals surface area contributed by atoms with Gasteiger partial charge in [-0.3, -0.25) is 0 Å². The van der Waals surface area contributed by atoms with Gasteiger partial charge in [0.25, 0.3) is 0 Å². The molecular formula is C17H16Cl3N3O4S2. The van der Waals surface area contributed by atoms with Gasteiger partial charge in [-0.15, -0.1) is 0 Å². The van der Waals surface area contributed by atoms with E-state index in [1.807, 2.05) is 0 Å². The SMILES string of the molecule is NC(=O)Nc1ccc(-c2ccc(Cl)c(S(=O)(=O)N3CCSCC3)c2O)c(Cl)c1Cl. The number of phenols is 1. The summed E-state index contributed by atoms with van der Waals surface area (Å²) in [6.07, 6.45) is 0. The minimum absolute atomic E-state index is 0.00483. The number of rotatable bonds is 4. The largest absolute Gasteiger partial charge is 0.506 e. The maximum absolute atomic E-state index is 13.1. The van der Waals surface area contributed by atoms with Crippen molar-refractivity contribution in [3.05, 3.63) is 39.3 Å². The van der Waals surface area contributed by atoms with Crippen LogP contribution in [0.25, 0.3) is 11.1 Å². The molecule has 0 aliphatic carbocycles. The normalized spacial score (nSPS) is 15.3. The molecule has 1 saturated heterocycles. The monoisotopic (exact) mass is 495 g/mol. The van der Waals surface area contributed by atoms with E-state index in [0.717, 1.165) is 0 Å². The van der Waals surface area contributed by atoms with E-state index in [-0.39, 0.29) is 36.8 Å². The van der Waals surface area contributed by atoms with Gasteiger partial charge in [0.2, 0.25) is 10.0 Å². The van der Waals surface area contributed by atoms with E-state index in [1.165, 1.54) is 28.6 Å². The number of primary amides is 1. The number of urea groups is 1. The number of benzene rings is 2. The van der Waals surface area contributed by atoms with Crippen molar-refractivity contribution in [2.45, 2.75) is 4.90 Å². The Hall–Kier alpha value is -1.36. The number of hydrogen-bond donors (Lipinski definition) is 3. The van der Waals surface area contributed by atoms with E-state index in [1.54, 1.807) is 11.8 Å². The van der Waals surface area contributed by atoms with Crippen molar-refractivity contribution >= 4 is 68.3 Å². The first-order valence-electron chi connectivity index (χ1n) is 8.28. The summed E-state index contributed by atoms with van der Waals surface area (Å²) in [5.41, 5.74) is 5.68. The number of anilines is 1. The third kappa shape index (κ3) is 4.40. The molecular weight excluding hydrogens is 481 g/mol. The fraction of sp³-hybridized carbons (Fsp3) is 0.235. The van der Waals surface area contributed by atoms with Crippen LogP contribution in [0.5, 0.6) is 5.75 Å². The van der Waals surface area contributed by atoms with Crippen LogP contribution < -0.4 is 11.1 Å². The van der Waals surface area contributed by atoms with Crippen LogP contribution in [0, 0.1) is 0 Å². The molecule has 2 amide bonds. The summed E-state index contributed by atoms with van der Waals surface area (Å²) < 4.78 is 27.5. The van der Waals surface area contributed by atoms with Crippen molar-refractivity contribution < 1.29 is 18.3 Å². The lowest BCUT2D eigenvalue weighted by Gasteiger charge is -2.26. The average molecular weight is 497 g/mol. The standard InChI is InChI=1S/C17H16Cl3N3O4S2/c18-11-3-1-10(9-2-4-12(22-17(21)25)14(20)13(9)19)15(24)16(11)29(26,27)23-5-7-28-8-6-23/h1-4,24H,5-8H2,(H3,21,22,25). The van der Waals surface area contributed by atoms with Gasteiger partial charge in [0.05, 0.1) is 20.8 Å². The molecule has 0 radical (unpaired) electrons. The lowest BCUT2D eigenvalue weighted by Crippen LogP contribution is -2.38. The molecule has 1 fully saturated rings. The maximum Gasteiger partial charge on any atom is 0.316 e. The molecule has 12 heteroatoms.